The summed E-state index contributed by atoms with van der Waals surface area (Å²) in [4.78, 5) is 12.0. The normalized spacial score (nSPS) is 12.3. The van der Waals surface area contributed by atoms with E-state index in [1.165, 1.54) is 6.20 Å². The van der Waals surface area contributed by atoms with Crippen LogP contribution in [0.2, 0.25) is 0 Å². The van der Waals surface area contributed by atoms with E-state index in [0.717, 1.165) is 16.6 Å². The van der Waals surface area contributed by atoms with Gasteiger partial charge in [-0.05, 0) is 44.9 Å². The van der Waals surface area contributed by atoms with Crippen LogP contribution < -0.4 is 5.43 Å². The van der Waals surface area contributed by atoms with Crippen LogP contribution in [-0.2, 0) is 9.05 Å². The molecule has 0 aliphatic carbocycles. The van der Waals surface area contributed by atoms with Crippen molar-refractivity contribution in [3.8, 4) is 0 Å². The van der Waals surface area contributed by atoms with Gasteiger partial charge in [0.05, 0.1) is 5.52 Å². The zero-order valence-corrected chi connectivity index (χ0v) is 13.3. The first kappa shape index (κ1) is 15.1. The van der Waals surface area contributed by atoms with Crippen molar-refractivity contribution in [3.05, 3.63) is 39.7 Å². The molecule has 0 radical (unpaired) electrons. The van der Waals surface area contributed by atoms with E-state index in [-0.39, 0.29) is 10.9 Å². The summed E-state index contributed by atoms with van der Waals surface area (Å²) >= 11 is 0. The summed E-state index contributed by atoms with van der Waals surface area (Å²) in [5, 5.41) is 0.378. The van der Waals surface area contributed by atoms with Gasteiger partial charge < -0.3 is 4.57 Å². The Kier molecular flexibility index (Phi) is 3.69. The number of rotatable bonds is 2. The number of fused-ring (bicyclic) bond motifs is 1. The average Bonchev–Trinajstić information content (AvgIpc) is 2.32. The summed E-state index contributed by atoms with van der Waals surface area (Å²) in [6, 6.07) is 3.48. The van der Waals surface area contributed by atoms with E-state index >= 15 is 0 Å². The number of hydrogen-bond donors (Lipinski definition) is 0. The van der Waals surface area contributed by atoms with E-state index in [9.17, 15) is 13.2 Å². The molecule has 2 aromatic rings. The average molecular weight is 314 g/mol. The molecule has 1 heterocycles. The number of nitrogens with zero attached hydrogens (tertiary/aromatic N) is 1. The van der Waals surface area contributed by atoms with E-state index in [1.54, 1.807) is 10.6 Å². The minimum Gasteiger partial charge on any atom is -0.343 e. The van der Waals surface area contributed by atoms with Crippen molar-refractivity contribution in [2.75, 3.05) is 0 Å². The highest BCUT2D eigenvalue weighted by molar-refractivity contribution is 8.13. The van der Waals surface area contributed by atoms with Crippen LogP contribution in [-0.4, -0.2) is 13.0 Å². The number of halogens is 1. The summed E-state index contributed by atoms with van der Waals surface area (Å²) < 4.78 is 24.9. The van der Waals surface area contributed by atoms with Crippen molar-refractivity contribution < 1.29 is 8.42 Å². The molecule has 1 aromatic carbocycles. The lowest BCUT2D eigenvalue weighted by Crippen LogP contribution is -2.18. The Hall–Kier alpha value is -1.33. The first-order valence-electron chi connectivity index (χ1n) is 6.24. The monoisotopic (exact) mass is 313 g/mol. The Labute approximate surface area is 122 Å². The smallest absolute Gasteiger partial charge is 0.266 e. The SMILES string of the molecule is Cc1ccc2c(=O)c(S(=O)(=O)Cl)cn(C(C)C)c2c1C. The topological polar surface area (TPSA) is 56.1 Å². The van der Waals surface area contributed by atoms with Crippen LogP contribution in [0.15, 0.2) is 28.0 Å². The Morgan fingerprint density at radius 1 is 1.20 bits per heavy atom. The summed E-state index contributed by atoms with van der Waals surface area (Å²) in [5.41, 5.74) is 2.23. The van der Waals surface area contributed by atoms with E-state index in [4.69, 9.17) is 10.7 Å². The Bertz CT molecular complexity index is 851. The predicted octanol–water partition coefficient (Wildman–Crippen LogP) is 3.13. The summed E-state index contributed by atoms with van der Waals surface area (Å²) in [6.45, 7) is 7.73. The quantitative estimate of drug-likeness (QED) is 0.800. The minimum atomic E-state index is -4.07. The first-order chi connectivity index (χ1) is 9.14. The highest BCUT2D eigenvalue weighted by atomic mass is 35.7. The number of aromatic nitrogens is 1. The Morgan fingerprint density at radius 2 is 1.80 bits per heavy atom. The van der Waals surface area contributed by atoms with Gasteiger partial charge in [-0.1, -0.05) is 6.07 Å². The van der Waals surface area contributed by atoms with Crippen LogP contribution in [0.5, 0.6) is 0 Å². The summed E-state index contributed by atoms with van der Waals surface area (Å²) in [6.07, 6.45) is 1.34. The van der Waals surface area contributed by atoms with Gasteiger partial charge in [-0.3, -0.25) is 4.79 Å². The molecule has 0 bridgehead atoms. The molecule has 2 rings (SSSR count). The van der Waals surface area contributed by atoms with Crippen LogP contribution >= 0.6 is 10.7 Å². The van der Waals surface area contributed by atoms with Gasteiger partial charge in [0, 0.05) is 28.3 Å². The number of pyridine rings is 1. The molecular weight excluding hydrogens is 298 g/mol. The lowest BCUT2D eigenvalue weighted by molar-refractivity contribution is 0.594. The van der Waals surface area contributed by atoms with Crippen molar-refractivity contribution in [1.82, 2.24) is 4.57 Å². The maximum atomic E-state index is 12.3. The van der Waals surface area contributed by atoms with Gasteiger partial charge in [-0.25, -0.2) is 8.42 Å². The van der Waals surface area contributed by atoms with Crippen LogP contribution in [0, 0.1) is 13.8 Å². The third-order valence-electron chi connectivity index (χ3n) is 3.50. The van der Waals surface area contributed by atoms with E-state index in [0.29, 0.717) is 5.39 Å². The van der Waals surface area contributed by atoms with Crippen molar-refractivity contribution >= 4 is 30.6 Å². The molecule has 0 saturated carbocycles. The maximum Gasteiger partial charge on any atom is 0.266 e. The molecule has 0 N–H and O–H groups in total. The number of hydrogen-bond acceptors (Lipinski definition) is 3. The fourth-order valence-corrected chi connectivity index (χ4v) is 3.18. The fraction of sp³-hybridized carbons (Fsp3) is 0.357. The van der Waals surface area contributed by atoms with Gasteiger partial charge in [0.15, 0.2) is 0 Å². The third-order valence-corrected chi connectivity index (χ3v) is 4.82. The molecule has 0 aliphatic heterocycles. The van der Waals surface area contributed by atoms with Crippen molar-refractivity contribution in [2.45, 2.75) is 38.6 Å². The standard InChI is InChI=1S/C14H16ClNO3S/c1-8(2)16-7-12(20(15,18)19)14(17)11-6-5-9(3)10(4)13(11)16/h5-8H,1-4H3. The van der Waals surface area contributed by atoms with Crippen LogP contribution in [0.4, 0.5) is 0 Å². The highest BCUT2D eigenvalue weighted by Gasteiger charge is 2.21. The summed E-state index contributed by atoms with van der Waals surface area (Å²) in [7, 11) is 1.31. The second-order valence-corrected chi connectivity index (χ2v) is 7.70. The fourth-order valence-electron chi connectivity index (χ4n) is 2.28. The van der Waals surface area contributed by atoms with Gasteiger partial charge in [0.2, 0.25) is 5.43 Å². The second kappa shape index (κ2) is 4.90. The van der Waals surface area contributed by atoms with Gasteiger partial charge >= 0.3 is 0 Å². The number of benzene rings is 1. The van der Waals surface area contributed by atoms with E-state index in [2.05, 4.69) is 0 Å². The molecule has 108 valence electrons. The van der Waals surface area contributed by atoms with Gasteiger partial charge in [0.25, 0.3) is 9.05 Å². The summed E-state index contributed by atoms with van der Waals surface area (Å²) in [5.74, 6) is 0. The molecule has 0 aliphatic rings. The Balaban J connectivity index is 3.12. The van der Waals surface area contributed by atoms with Crippen molar-refractivity contribution in [1.29, 1.82) is 0 Å². The largest absolute Gasteiger partial charge is 0.343 e. The Morgan fingerprint density at radius 3 is 2.30 bits per heavy atom. The lowest BCUT2D eigenvalue weighted by atomic mass is 10.0. The van der Waals surface area contributed by atoms with Gasteiger partial charge in [-0.15, -0.1) is 0 Å². The molecule has 20 heavy (non-hydrogen) atoms. The van der Waals surface area contributed by atoms with Crippen LogP contribution in [0.25, 0.3) is 10.9 Å². The van der Waals surface area contributed by atoms with E-state index in [1.807, 2.05) is 33.8 Å². The molecule has 0 fully saturated rings. The second-order valence-electron chi connectivity index (χ2n) is 5.16. The van der Waals surface area contributed by atoms with Gasteiger partial charge in [-0.2, -0.15) is 0 Å². The molecule has 0 amide bonds. The van der Waals surface area contributed by atoms with Gasteiger partial charge in [0.1, 0.15) is 4.90 Å². The van der Waals surface area contributed by atoms with Crippen LogP contribution in [0.3, 0.4) is 0 Å². The zero-order chi connectivity index (χ0) is 15.2. The molecule has 0 spiro atoms. The lowest BCUT2D eigenvalue weighted by Gasteiger charge is -2.18. The molecule has 1 aromatic heterocycles. The molecule has 0 saturated heterocycles. The first-order valence-corrected chi connectivity index (χ1v) is 8.55. The molecular formula is C14H16ClNO3S. The zero-order valence-electron chi connectivity index (χ0n) is 11.8. The van der Waals surface area contributed by atoms with Crippen molar-refractivity contribution in [3.63, 3.8) is 0 Å². The number of aryl methyl sites for hydroxylation is 2. The highest BCUT2D eigenvalue weighted by Crippen LogP contribution is 2.25. The molecule has 6 heteroatoms. The minimum absolute atomic E-state index is 0.00997. The molecule has 0 unspecified atom stereocenters. The van der Waals surface area contributed by atoms with Crippen LogP contribution in [0.1, 0.15) is 31.0 Å². The van der Waals surface area contributed by atoms with Crippen molar-refractivity contribution in [2.24, 2.45) is 0 Å². The molecule has 4 nitrogen and oxygen atoms in total. The predicted molar refractivity (Wildman–Crippen MR) is 81.1 cm³/mol. The molecule has 0 atom stereocenters. The maximum absolute atomic E-state index is 12.3. The van der Waals surface area contributed by atoms with E-state index < -0.39 is 14.5 Å². The third kappa shape index (κ3) is 2.36.